The van der Waals surface area contributed by atoms with Crippen molar-refractivity contribution in [2.75, 3.05) is 52.4 Å². The van der Waals surface area contributed by atoms with Crippen LogP contribution in [0.25, 0.3) is 0 Å². The summed E-state index contributed by atoms with van der Waals surface area (Å²) in [4.78, 5) is 0. The second kappa shape index (κ2) is 63.1. The molecule has 0 aliphatic heterocycles. The number of hydrogen-bond donors (Lipinski definition) is 0. The van der Waals surface area contributed by atoms with Gasteiger partial charge in [-0.1, -0.05) is 214 Å². The Kier molecular flexibility index (Phi) is 72.0. The molecular formula is C68H136MoN4S13. The summed E-state index contributed by atoms with van der Waals surface area (Å²) in [5.74, 6) is 5.27. The van der Waals surface area contributed by atoms with Crippen LogP contribution in [0.2, 0.25) is 0 Å². The van der Waals surface area contributed by atoms with Crippen LogP contribution < -0.4 is 0 Å². The van der Waals surface area contributed by atoms with Gasteiger partial charge in [-0.25, -0.2) is 0 Å². The van der Waals surface area contributed by atoms with Crippen LogP contribution in [0.5, 0.6) is 0 Å². The average molecular weight is 1520 g/mol. The number of hydrogen-bond acceptors (Lipinski definition) is 13. The van der Waals surface area contributed by atoms with Gasteiger partial charge < -0.3 is 166 Å². The fourth-order valence-electron chi connectivity index (χ4n) is 11.6. The van der Waals surface area contributed by atoms with Crippen LogP contribution in [0.4, 0.5) is 0 Å². The molecule has 0 bridgehead atoms. The molecule has 0 rings (SSSR count). The van der Waals surface area contributed by atoms with Gasteiger partial charge in [-0.15, -0.1) is 0 Å². The second-order valence-corrected chi connectivity index (χ2v) is 32.3. The molecule has 0 aromatic carbocycles. The molecule has 0 aromatic heterocycles. The summed E-state index contributed by atoms with van der Waals surface area (Å²) in [7, 11) is 4.09. The molecular weight excluding hydrogens is 1390 g/mol. The van der Waals surface area contributed by atoms with E-state index in [0.29, 0.717) is 80.2 Å². The summed E-state index contributed by atoms with van der Waals surface area (Å²) in [6, 6.07) is 0. The van der Waals surface area contributed by atoms with E-state index in [-0.39, 0.29) is 0 Å². The molecule has 8 unspecified atom stereocenters. The third-order valence-corrected chi connectivity index (χ3v) is 23.7. The molecule has 0 aromatic rings. The molecule has 512 valence electrons. The fourth-order valence-corrected chi connectivity index (χ4v) is 14.4. The zero-order valence-corrected chi connectivity index (χ0v) is 71.0. The molecule has 0 heterocycles. The first-order chi connectivity index (χ1) is 40.7. The van der Waals surface area contributed by atoms with E-state index in [1.807, 2.05) is 0 Å². The van der Waals surface area contributed by atoms with E-state index in [0.717, 1.165) is 52.4 Å². The monoisotopic (exact) mass is 1520 g/mol. The van der Waals surface area contributed by atoms with Gasteiger partial charge >= 0.3 is 27.8 Å². The molecule has 18 heteroatoms. The number of unbranched alkanes of at least 4 members (excludes halogenated alkanes) is 8. The quantitative estimate of drug-likeness (QED) is 0.0246. The first-order valence-corrected chi connectivity index (χ1v) is 42.6. The van der Waals surface area contributed by atoms with E-state index >= 15 is 0 Å². The van der Waals surface area contributed by atoms with Gasteiger partial charge in [0.25, 0.3) is 0 Å². The molecule has 0 aliphatic rings. The maximum absolute atomic E-state index is 5.90. The zero-order valence-electron chi connectivity index (χ0n) is 58.4. The zero-order chi connectivity index (χ0) is 67.2. The van der Waals surface area contributed by atoms with Gasteiger partial charge in [-0.3, -0.25) is 0 Å². The summed E-state index contributed by atoms with van der Waals surface area (Å²) < 4.78 is 3.96. The third-order valence-electron chi connectivity index (χ3n) is 18.1. The van der Waals surface area contributed by atoms with Crippen molar-refractivity contribution in [3.8, 4) is 0 Å². The number of thiocarbonyl (C=S) groups is 4. The van der Waals surface area contributed by atoms with Crippen molar-refractivity contribution in [2.45, 2.75) is 316 Å². The van der Waals surface area contributed by atoms with Crippen LogP contribution in [0.1, 0.15) is 316 Å². The summed E-state index contributed by atoms with van der Waals surface area (Å²) >= 11 is 68.1. The summed E-state index contributed by atoms with van der Waals surface area (Å²) in [6.07, 6.45) is 39.8. The molecule has 0 N–H and O–H groups in total. The third kappa shape index (κ3) is 49.0. The van der Waals surface area contributed by atoms with Crippen LogP contribution in [0.15, 0.2) is 0 Å². The Labute approximate surface area is 620 Å². The van der Waals surface area contributed by atoms with Crippen molar-refractivity contribution >= 4 is 178 Å². The van der Waals surface area contributed by atoms with Crippen LogP contribution in [-0.4, -0.2) is 85.2 Å². The van der Waals surface area contributed by atoms with E-state index in [1.54, 1.807) is 0 Å². The van der Waals surface area contributed by atoms with E-state index in [9.17, 15) is 0 Å². The minimum atomic E-state index is 0.412. The summed E-state index contributed by atoms with van der Waals surface area (Å²) in [5.41, 5.74) is 0. The van der Waals surface area contributed by atoms with Crippen molar-refractivity contribution < 1.29 is 33.5 Å². The normalized spacial score (nSPS) is 16.9. The van der Waals surface area contributed by atoms with Crippen LogP contribution >= 0.6 is 58.7 Å². The molecule has 0 fully saturated rings. The minimum absolute atomic E-state index is 0.412. The maximum atomic E-state index is 5.90. The summed E-state index contributed by atoms with van der Waals surface area (Å²) in [6.45, 7) is 43.7. The molecule has 0 spiro atoms. The number of nitrogens with zero attached hydrogens (tertiary/aromatic N) is 4. The van der Waals surface area contributed by atoms with Crippen molar-refractivity contribution in [1.82, 2.24) is 0 Å². The standard InChI is InChI=1S/4C17H35NS3.Mo.S/c4*1-5-9-11-15(7-3)13-18(21,17(19)20)14-16(8-4)12-10-6-2;;/h4*15-16H,5-14H2,1-4H3,(H,19,20);;/q;;;;+4;/p-4. The Morgan fingerprint density at radius 1 is 0.244 bits per heavy atom. The van der Waals surface area contributed by atoms with E-state index < -0.39 is 0 Å². The van der Waals surface area contributed by atoms with Gasteiger partial charge in [0.1, 0.15) is 0 Å². The second-order valence-electron chi connectivity index (χ2n) is 25.4. The van der Waals surface area contributed by atoms with Gasteiger partial charge in [0.15, 0.2) is 0 Å². The average Bonchev–Trinajstić information content (AvgIpc) is 3.19. The van der Waals surface area contributed by atoms with Crippen LogP contribution in [-0.2, 0) is 120 Å². The van der Waals surface area contributed by atoms with E-state index in [4.69, 9.17) is 151 Å². The molecule has 0 saturated heterocycles. The number of quaternary nitrogens is 4. The Hall–Kier alpha value is 3.39. The Bertz CT molecular complexity index is 1300. The van der Waals surface area contributed by atoms with Gasteiger partial charge in [0.05, 0.1) is 52.4 Å². The van der Waals surface area contributed by atoms with Crippen LogP contribution in [0.3, 0.4) is 0 Å². The van der Waals surface area contributed by atoms with Crippen molar-refractivity contribution in [2.24, 2.45) is 47.3 Å². The Balaban J connectivity index is -0.000000336. The molecule has 0 radical (unpaired) electrons. The van der Waals surface area contributed by atoms with Crippen molar-refractivity contribution in [1.29, 1.82) is 0 Å². The van der Waals surface area contributed by atoms with Crippen molar-refractivity contribution in [3.63, 3.8) is 0 Å². The van der Waals surface area contributed by atoms with E-state index in [1.165, 1.54) is 223 Å². The molecule has 8 atom stereocenters. The fraction of sp³-hybridized carbons (Fsp3) is 0.941. The van der Waals surface area contributed by atoms with Gasteiger partial charge in [-0.05, 0) is 103 Å². The molecule has 4 nitrogen and oxygen atoms in total. The first kappa shape index (κ1) is 98.1. The van der Waals surface area contributed by atoms with E-state index in [2.05, 4.69) is 121 Å². The molecule has 0 aliphatic carbocycles. The molecule has 0 amide bonds. The Morgan fingerprint density at radius 3 is 0.395 bits per heavy atom. The van der Waals surface area contributed by atoms with Gasteiger partial charge in [0.2, 0.25) is 0 Å². The predicted octanol–water partition coefficient (Wildman–Crippen LogP) is 22.8. The van der Waals surface area contributed by atoms with Crippen LogP contribution in [0, 0.1) is 47.3 Å². The predicted molar refractivity (Wildman–Crippen MR) is 423 cm³/mol. The SMILES string of the molecule is CCCCC(CC)C[N+]([S-])(CC(CC)CCCC)C(=S)[S-].CCCCC(CC)C[N+]([S-])(CC(CC)CCCC)C(=S)[S-].CCCCC(CC)C[N+]([S-])(CC(CC)CCCC)C(=S)[S-].CCCCC(CC)C[N+]([S-])(CC(CC)CCCC)C(=S)[S-].[S]=[Mo+4]. The topological polar surface area (TPSA) is 0 Å². The molecule has 0 saturated carbocycles. The van der Waals surface area contributed by atoms with Crippen molar-refractivity contribution in [3.05, 3.63) is 0 Å². The molecule has 86 heavy (non-hydrogen) atoms. The number of rotatable bonds is 48. The summed E-state index contributed by atoms with van der Waals surface area (Å²) in [5, 5.41) is 0. The Morgan fingerprint density at radius 2 is 0.337 bits per heavy atom. The first-order valence-electron chi connectivity index (χ1n) is 35.1. The van der Waals surface area contributed by atoms with Gasteiger partial charge in [0, 0.05) is 64.6 Å². The van der Waals surface area contributed by atoms with Gasteiger partial charge in [-0.2, -0.15) is 0 Å².